The fraction of sp³-hybridized carbons (Fsp3) is 1.00. The molecule has 0 spiro atoms. The molecular weight excluding hydrogens is 256 g/mol. The van der Waals surface area contributed by atoms with Crippen LogP contribution in [0.3, 0.4) is 0 Å². The molecule has 1 fully saturated rings. The molecule has 1 aliphatic carbocycles. The summed E-state index contributed by atoms with van der Waals surface area (Å²) in [5, 5.41) is 1.11. The van der Waals surface area contributed by atoms with E-state index in [1.807, 2.05) is 0 Å². The van der Waals surface area contributed by atoms with Gasteiger partial charge in [0.25, 0.3) is 0 Å². The van der Waals surface area contributed by atoms with E-state index in [1.54, 1.807) is 0 Å². The fourth-order valence-electron chi connectivity index (χ4n) is 1.62. The summed E-state index contributed by atoms with van der Waals surface area (Å²) >= 11 is 7.19. The molecule has 0 saturated heterocycles. The van der Waals surface area contributed by atoms with Gasteiger partial charge in [-0.1, -0.05) is 51.1 Å². The molecule has 0 N–H and O–H groups in total. The van der Waals surface area contributed by atoms with Crippen molar-refractivity contribution < 1.29 is 0 Å². The third kappa shape index (κ3) is 2.54. The second kappa shape index (κ2) is 4.76. The minimum Gasteiger partial charge on any atom is -0.0916 e. The zero-order valence-electron chi connectivity index (χ0n) is 6.15. The van der Waals surface area contributed by atoms with Crippen LogP contribution in [-0.2, 0) is 0 Å². The Morgan fingerprint density at radius 3 is 2.30 bits per heavy atom. The van der Waals surface area contributed by atoms with Crippen molar-refractivity contribution in [2.75, 3.05) is 5.33 Å². The molecule has 0 aromatic heterocycles. The molecule has 10 heavy (non-hydrogen) atoms. The molecule has 1 aliphatic rings. The number of hydrogen-bond donors (Lipinski definition) is 0. The van der Waals surface area contributed by atoms with E-state index >= 15 is 0 Å². The van der Waals surface area contributed by atoms with Gasteiger partial charge in [0, 0.05) is 10.2 Å². The summed E-state index contributed by atoms with van der Waals surface area (Å²) < 4.78 is 0. The monoisotopic (exact) mass is 268 g/mol. The molecule has 2 heteroatoms. The molecule has 0 amide bonds. The van der Waals surface area contributed by atoms with Crippen LogP contribution in [0.25, 0.3) is 0 Å². The molecule has 0 aliphatic heterocycles. The molecule has 0 aromatic rings. The Balaban J connectivity index is 2.24. The van der Waals surface area contributed by atoms with Crippen molar-refractivity contribution in [1.29, 1.82) is 0 Å². The molecule has 1 rings (SSSR count). The predicted molar refractivity (Wildman–Crippen MR) is 53.1 cm³/mol. The summed E-state index contributed by atoms with van der Waals surface area (Å²) in [6.45, 7) is 0. The molecule has 60 valence electrons. The first-order valence-corrected chi connectivity index (χ1v) is 6.08. The van der Waals surface area contributed by atoms with Crippen LogP contribution in [0.5, 0.6) is 0 Å². The van der Waals surface area contributed by atoms with Crippen molar-refractivity contribution in [3.8, 4) is 0 Å². The number of rotatable bonds is 2. The van der Waals surface area contributed by atoms with Crippen molar-refractivity contribution in [3.63, 3.8) is 0 Å². The maximum atomic E-state index is 3.69. The van der Waals surface area contributed by atoms with Crippen molar-refractivity contribution in [2.24, 2.45) is 5.92 Å². The minimum absolute atomic E-state index is 0.716. The number of halogens is 2. The van der Waals surface area contributed by atoms with Gasteiger partial charge >= 0.3 is 0 Å². The van der Waals surface area contributed by atoms with Crippen LogP contribution in [0.1, 0.15) is 32.1 Å². The van der Waals surface area contributed by atoms with Gasteiger partial charge in [-0.2, -0.15) is 0 Å². The highest BCUT2D eigenvalue weighted by Crippen LogP contribution is 2.30. The van der Waals surface area contributed by atoms with E-state index in [1.165, 1.54) is 32.1 Å². The second-order valence-corrected chi connectivity index (χ2v) is 4.89. The summed E-state index contributed by atoms with van der Waals surface area (Å²) in [4.78, 5) is 0.716. The van der Waals surface area contributed by atoms with Crippen LogP contribution in [-0.4, -0.2) is 10.2 Å². The lowest BCUT2D eigenvalue weighted by Crippen LogP contribution is -2.18. The van der Waals surface area contributed by atoms with Gasteiger partial charge in [-0.3, -0.25) is 0 Å². The second-order valence-electron chi connectivity index (χ2n) is 3.07. The Hall–Kier alpha value is 0.960. The first-order chi connectivity index (χ1) is 4.84. The lowest BCUT2D eigenvalue weighted by molar-refractivity contribution is 0.362. The number of hydrogen-bond acceptors (Lipinski definition) is 0. The SMILES string of the molecule is BrCC(Br)C1CCCCC1. The first-order valence-electron chi connectivity index (χ1n) is 4.04. The summed E-state index contributed by atoms with van der Waals surface area (Å²) in [5.41, 5.74) is 0. The van der Waals surface area contributed by atoms with Gasteiger partial charge in [0.1, 0.15) is 0 Å². The Morgan fingerprint density at radius 2 is 1.80 bits per heavy atom. The van der Waals surface area contributed by atoms with Crippen LogP contribution >= 0.6 is 31.9 Å². The van der Waals surface area contributed by atoms with Gasteiger partial charge in [0.05, 0.1) is 0 Å². The largest absolute Gasteiger partial charge is 0.0916 e. The lowest BCUT2D eigenvalue weighted by atomic mass is 9.87. The maximum absolute atomic E-state index is 3.69. The fourth-order valence-corrected chi connectivity index (χ4v) is 2.68. The highest BCUT2D eigenvalue weighted by Gasteiger charge is 2.19. The van der Waals surface area contributed by atoms with Gasteiger partial charge in [-0.05, 0) is 18.8 Å². The summed E-state index contributed by atoms with van der Waals surface area (Å²) in [6, 6.07) is 0. The van der Waals surface area contributed by atoms with Crippen molar-refractivity contribution in [1.82, 2.24) is 0 Å². The van der Waals surface area contributed by atoms with E-state index < -0.39 is 0 Å². The molecule has 1 unspecified atom stereocenters. The molecule has 1 saturated carbocycles. The van der Waals surface area contributed by atoms with Gasteiger partial charge in [0.15, 0.2) is 0 Å². The molecule has 0 aromatic carbocycles. The molecule has 1 atom stereocenters. The average Bonchev–Trinajstić information content (AvgIpc) is 2.05. The summed E-state index contributed by atoms with van der Waals surface area (Å²) in [6.07, 6.45) is 7.21. The van der Waals surface area contributed by atoms with Gasteiger partial charge < -0.3 is 0 Å². The Bertz CT molecular complexity index is 87.3. The number of alkyl halides is 2. The molecular formula is C8H14Br2. The van der Waals surface area contributed by atoms with Gasteiger partial charge in [0.2, 0.25) is 0 Å². The van der Waals surface area contributed by atoms with E-state index in [0.29, 0.717) is 4.83 Å². The zero-order chi connectivity index (χ0) is 7.40. The predicted octanol–water partition coefficient (Wildman–Crippen LogP) is 3.73. The quantitative estimate of drug-likeness (QED) is 0.671. The van der Waals surface area contributed by atoms with E-state index in [9.17, 15) is 0 Å². The third-order valence-electron chi connectivity index (χ3n) is 2.31. The Labute approximate surface area is 80.0 Å². The van der Waals surface area contributed by atoms with E-state index in [-0.39, 0.29) is 0 Å². The Morgan fingerprint density at radius 1 is 1.20 bits per heavy atom. The molecule has 0 heterocycles. The standard InChI is InChI=1S/C8H14Br2/c9-6-8(10)7-4-2-1-3-5-7/h7-8H,1-6H2. The van der Waals surface area contributed by atoms with Crippen LogP contribution in [0.2, 0.25) is 0 Å². The van der Waals surface area contributed by atoms with Crippen LogP contribution in [0.15, 0.2) is 0 Å². The van der Waals surface area contributed by atoms with Gasteiger partial charge in [-0.15, -0.1) is 0 Å². The molecule has 0 nitrogen and oxygen atoms in total. The van der Waals surface area contributed by atoms with Crippen molar-refractivity contribution >= 4 is 31.9 Å². The third-order valence-corrected chi connectivity index (χ3v) is 4.95. The summed E-state index contributed by atoms with van der Waals surface area (Å²) in [5.74, 6) is 0.938. The van der Waals surface area contributed by atoms with E-state index in [2.05, 4.69) is 31.9 Å². The smallest absolute Gasteiger partial charge is 0.0271 e. The zero-order valence-corrected chi connectivity index (χ0v) is 9.33. The minimum atomic E-state index is 0.716. The average molecular weight is 270 g/mol. The first kappa shape index (κ1) is 9.05. The van der Waals surface area contributed by atoms with Crippen molar-refractivity contribution in [2.45, 2.75) is 36.9 Å². The van der Waals surface area contributed by atoms with E-state index in [0.717, 1.165) is 11.2 Å². The normalized spacial score (nSPS) is 24.6. The van der Waals surface area contributed by atoms with Gasteiger partial charge in [-0.25, -0.2) is 0 Å². The molecule has 0 bridgehead atoms. The topological polar surface area (TPSA) is 0 Å². The van der Waals surface area contributed by atoms with Crippen LogP contribution in [0, 0.1) is 5.92 Å². The highest BCUT2D eigenvalue weighted by molar-refractivity contribution is 9.12. The molecule has 0 radical (unpaired) electrons. The Kier molecular flexibility index (Phi) is 4.31. The van der Waals surface area contributed by atoms with Crippen LogP contribution in [0.4, 0.5) is 0 Å². The van der Waals surface area contributed by atoms with E-state index in [4.69, 9.17) is 0 Å². The van der Waals surface area contributed by atoms with Crippen molar-refractivity contribution in [3.05, 3.63) is 0 Å². The lowest BCUT2D eigenvalue weighted by Gasteiger charge is -2.24. The van der Waals surface area contributed by atoms with Crippen LogP contribution < -0.4 is 0 Å². The highest BCUT2D eigenvalue weighted by atomic mass is 79.9. The maximum Gasteiger partial charge on any atom is 0.0271 e. The summed E-state index contributed by atoms with van der Waals surface area (Å²) in [7, 11) is 0.